The number of aryl methyl sites for hydroxylation is 7. The summed E-state index contributed by atoms with van der Waals surface area (Å²) in [6, 6.07) is 49.8. The number of fused-ring (bicyclic) bond motifs is 11. The maximum absolute atomic E-state index is 9.47. The molecule has 3 aromatic heterocycles. The molecule has 1 atom stereocenters. The average molecular weight is 1170 g/mol. The third-order valence-electron chi connectivity index (χ3n) is 14.1. The summed E-state index contributed by atoms with van der Waals surface area (Å²) < 4.78 is 4.82. The van der Waals surface area contributed by atoms with Crippen LogP contribution >= 0.6 is 0 Å². The van der Waals surface area contributed by atoms with Gasteiger partial charge in [0.15, 0.2) is 19.3 Å². The first-order valence-corrected chi connectivity index (χ1v) is 26.8. The second-order valence-corrected chi connectivity index (χ2v) is 22.4. The fourth-order valence-corrected chi connectivity index (χ4v) is 11.0. The van der Waals surface area contributed by atoms with Gasteiger partial charge in [0, 0.05) is 66.6 Å². The summed E-state index contributed by atoms with van der Waals surface area (Å²) in [5.41, 5.74) is 23.6. The molecule has 2 N–H and O–H groups in total. The van der Waals surface area contributed by atoms with Gasteiger partial charge in [0.1, 0.15) is 0 Å². The summed E-state index contributed by atoms with van der Waals surface area (Å²) in [6.45, 7) is 29.9. The van der Waals surface area contributed by atoms with E-state index in [4.69, 9.17) is 4.98 Å². The van der Waals surface area contributed by atoms with E-state index in [0.717, 1.165) is 41.8 Å². The predicted molar refractivity (Wildman–Crippen MR) is 311 cm³/mol. The Morgan fingerprint density at radius 3 is 2.00 bits per heavy atom. The maximum atomic E-state index is 9.47. The first-order chi connectivity index (χ1) is 35.3. The first kappa shape index (κ1) is 56.4. The van der Waals surface area contributed by atoms with Crippen LogP contribution in [0.4, 0.5) is 0 Å². The molecule has 2 aliphatic heterocycles. The zero-order chi connectivity index (χ0) is 53.0. The molecule has 0 saturated heterocycles. The number of nitrogens with zero attached hydrogens (tertiary/aromatic N) is 3. The van der Waals surface area contributed by atoms with Crippen molar-refractivity contribution in [1.29, 1.82) is 0 Å². The minimum atomic E-state index is -0.501. The molecular formula is C69H78IrN3O2+. The van der Waals surface area contributed by atoms with E-state index in [0.29, 0.717) is 36.4 Å². The second kappa shape index (κ2) is 24.6. The molecule has 389 valence electrons. The summed E-state index contributed by atoms with van der Waals surface area (Å²) in [7, 11) is 0. The Bertz CT molecular complexity index is 3510. The largest absolute Gasteiger partial charge is 0.513 e. The van der Waals surface area contributed by atoms with E-state index in [9.17, 15) is 10.2 Å². The van der Waals surface area contributed by atoms with Gasteiger partial charge in [0.25, 0.3) is 0 Å². The molecular weight excluding hydrogens is 1090 g/mol. The van der Waals surface area contributed by atoms with E-state index in [1.165, 1.54) is 99.6 Å². The summed E-state index contributed by atoms with van der Waals surface area (Å²) in [5.74, 6) is 1.85. The van der Waals surface area contributed by atoms with Gasteiger partial charge in [-0.1, -0.05) is 122 Å². The number of rotatable bonds is 8. The third kappa shape index (κ3) is 13.6. The number of aromatic nitrogens is 3. The molecule has 9 aromatic rings. The van der Waals surface area contributed by atoms with Crippen molar-refractivity contribution in [2.45, 2.75) is 128 Å². The quantitative estimate of drug-likeness (QED) is 0.0905. The van der Waals surface area contributed by atoms with Crippen LogP contribution in [0.15, 0.2) is 145 Å². The van der Waals surface area contributed by atoms with Gasteiger partial charge in [-0.25, -0.2) is 0 Å². The van der Waals surface area contributed by atoms with E-state index in [2.05, 4.69) is 225 Å². The zero-order valence-corrected chi connectivity index (χ0v) is 49.1. The van der Waals surface area contributed by atoms with Gasteiger partial charge < -0.3 is 10.2 Å². The Kier molecular flexibility index (Phi) is 18.5. The number of hydrogen-bond donors (Lipinski definition) is 2. The molecule has 0 amide bonds. The number of allylic oxidation sites excluding steroid dienone is 1. The van der Waals surface area contributed by atoms with Crippen molar-refractivity contribution in [2.75, 3.05) is 0 Å². The van der Waals surface area contributed by atoms with Gasteiger partial charge >= 0.3 is 0 Å². The van der Waals surface area contributed by atoms with Crippen molar-refractivity contribution in [2.24, 2.45) is 17.8 Å². The minimum absolute atomic E-state index is 0. The fraction of sp³-hybridized carbons (Fsp3) is 0.319. The van der Waals surface area contributed by atoms with Crippen LogP contribution in [0, 0.1) is 72.3 Å². The van der Waals surface area contributed by atoms with Crippen molar-refractivity contribution < 1.29 is 39.5 Å². The van der Waals surface area contributed by atoms with Gasteiger partial charge in [0.2, 0.25) is 16.9 Å². The van der Waals surface area contributed by atoms with Crippen molar-refractivity contribution in [1.82, 2.24) is 4.98 Å². The molecule has 2 aliphatic rings. The van der Waals surface area contributed by atoms with Crippen molar-refractivity contribution in [3.63, 3.8) is 0 Å². The second-order valence-electron chi connectivity index (χ2n) is 22.4. The first-order valence-electron chi connectivity index (χ1n) is 26.8. The Hall–Kier alpha value is -6.30. The van der Waals surface area contributed by atoms with Crippen LogP contribution in [0.2, 0.25) is 0 Å². The van der Waals surface area contributed by atoms with Crippen LogP contribution < -0.4 is 9.13 Å². The van der Waals surface area contributed by atoms with Crippen LogP contribution in [0.5, 0.6) is 0 Å². The predicted octanol–water partition coefficient (Wildman–Crippen LogP) is 16.3. The zero-order valence-electron chi connectivity index (χ0n) is 46.7. The van der Waals surface area contributed by atoms with E-state index in [1.807, 2.05) is 13.8 Å². The summed E-state index contributed by atoms with van der Waals surface area (Å²) in [6.07, 6.45) is 5.73. The summed E-state index contributed by atoms with van der Waals surface area (Å²) in [5, 5.41) is 24.2. The maximum Gasteiger partial charge on any atom is 0.221 e. The van der Waals surface area contributed by atoms with E-state index >= 15 is 0 Å². The van der Waals surface area contributed by atoms with Crippen molar-refractivity contribution in [3.05, 3.63) is 207 Å². The summed E-state index contributed by atoms with van der Waals surface area (Å²) >= 11 is 0. The van der Waals surface area contributed by atoms with Gasteiger partial charge in [-0.3, -0.25) is 4.98 Å². The normalized spacial score (nSPS) is 12.5. The minimum Gasteiger partial charge on any atom is -0.513 e. The molecule has 5 nitrogen and oxygen atoms in total. The molecule has 0 fully saturated rings. The molecule has 0 bridgehead atoms. The topological polar surface area (TPSA) is 61.1 Å². The SMILES string of the molecule is CC(C)CC(O)=CC(O)CC(C)C.Cc1[c-]c(-c2ccc3c(CC(C)C)cccc3n2)cc(C)c1.Cc1cc(C)c2c(c1)-c1c3cc(C)ccc3cc[n+]1C2.Cc1cc(C)c2c(c1)-c1ccc3ccccc3[n+]1C2.[Ir]. The Morgan fingerprint density at radius 2 is 1.31 bits per heavy atom. The smallest absolute Gasteiger partial charge is 0.221 e. The number of benzene rings is 6. The Balaban J connectivity index is 0.000000148. The van der Waals surface area contributed by atoms with E-state index < -0.39 is 6.10 Å². The average Bonchev–Trinajstić information content (AvgIpc) is 3.91. The number of aliphatic hydroxyl groups excluding tert-OH is 2. The third-order valence-corrected chi connectivity index (χ3v) is 14.1. The number of aliphatic hydroxyl groups is 2. The van der Waals surface area contributed by atoms with Crippen LogP contribution in [0.25, 0.3) is 66.4 Å². The van der Waals surface area contributed by atoms with E-state index in [-0.39, 0.29) is 20.1 Å². The van der Waals surface area contributed by atoms with Crippen molar-refractivity contribution in [3.8, 4) is 33.8 Å². The molecule has 6 aromatic carbocycles. The van der Waals surface area contributed by atoms with E-state index in [1.54, 1.807) is 6.08 Å². The van der Waals surface area contributed by atoms with Crippen LogP contribution in [0.1, 0.15) is 110 Å². The van der Waals surface area contributed by atoms with Gasteiger partial charge in [-0.05, 0) is 147 Å². The molecule has 5 heterocycles. The van der Waals surface area contributed by atoms with Crippen LogP contribution in [0.3, 0.4) is 0 Å². The molecule has 1 radical (unpaired) electrons. The van der Waals surface area contributed by atoms with Gasteiger partial charge in [0.05, 0.1) is 33.9 Å². The Labute approximate surface area is 461 Å². The molecule has 0 aliphatic carbocycles. The Morgan fingerprint density at radius 1 is 0.627 bits per heavy atom. The fourth-order valence-electron chi connectivity index (χ4n) is 11.0. The van der Waals surface area contributed by atoms with Crippen LogP contribution in [-0.2, 0) is 39.6 Å². The number of para-hydroxylation sites is 1. The number of pyridine rings is 3. The van der Waals surface area contributed by atoms with Crippen LogP contribution in [-0.4, -0.2) is 21.3 Å². The summed E-state index contributed by atoms with van der Waals surface area (Å²) in [4.78, 5) is 4.86. The van der Waals surface area contributed by atoms with Gasteiger partial charge in [-0.2, -0.15) is 9.13 Å². The molecule has 1 unspecified atom stereocenters. The molecule has 11 rings (SSSR count). The molecule has 75 heavy (non-hydrogen) atoms. The molecule has 0 saturated carbocycles. The van der Waals surface area contributed by atoms with Gasteiger partial charge in [-0.15, -0.1) is 34.9 Å². The molecule has 0 spiro atoms. The standard InChI is InChI=1S/C21H22N.C19H18N.C18H16N.C11H22O2.Ir/c1-14(2)10-17-6-5-7-21-19(17)8-9-20(22-21)18-12-15(3)11-16(4)13-18;1-12-4-5-15-6-7-20-11-18-14(3)8-13(2)10-17(18)19(20)16(15)9-12;1-12-9-13(2)16-11-19-17-6-4-3-5-14(17)7-8-18(19)15(16)10-12;1-8(2)5-10(12)7-11(13)6-9(3)4;/h5-9,11-12,14H,10H2,1-4H3;4-10H,11H2,1-3H3;3-10H,11H2,1-2H3;7-10,12-13H,5-6H2,1-4H3;/q-1;2*+1;;. The number of hydrogen-bond acceptors (Lipinski definition) is 3. The molecule has 6 heteroatoms. The van der Waals surface area contributed by atoms with Crippen molar-refractivity contribution >= 4 is 32.6 Å². The monoisotopic (exact) mass is 1170 g/mol.